The van der Waals surface area contributed by atoms with E-state index in [1.807, 2.05) is 32.9 Å². The third kappa shape index (κ3) is 3.67. The van der Waals surface area contributed by atoms with Crippen LogP contribution in [0.1, 0.15) is 34.8 Å². The summed E-state index contributed by atoms with van der Waals surface area (Å²) in [7, 11) is 0. The number of carboxylic acids is 1. The quantitative estimate of drug-likeness (QED) is 0.756. The largest absolute Gasteiger partial charge is 0.481 e. The number of hydrogen-bond acceptors (Lipinski definition) is 3. The van der Waals surface area contributed by atoms with E-state index >= 15 is 0 Å². The molecule has 0 saturated carbocycles. The van der Waals surface area contributed by atoms with Gasteiger partial charge >= 0.3 is 5.97 Å². The molecule has 0 amide bonds. The summed E-state index contributed by atoms with van der Waals surface area (Å²) >= 11 is 0. The zero-order valence-corrected chi connectivity index (χ0v) is 11.0. The van der Waals surface area contributed by atoms with Gasteiger partial charge in [0.1, 0.15) is 0 Å². The van der Waals surface area contributed by atoms with Crippen molar-refractivity contribution in [3.8, 4) is 0 Å². The van der Waals surface area contributed by atoms with Gasteiger partial charge in [0.2, 0.25) is 0 Å². The van der Waals surface area contributed by atoms with Gasteiger partial charge in [-0.25, -0.2) is 0 Å². The predicted octanol–water partition coefficient (Wildman–Crippen LogP) is 1.94. The molecular formula is C14H19NO3. The molecule has 1 rings (SSSR count). The molecule has 0 aromatic heterocycles. The molecule has 0 saturated heterocycles. The van der Waals surface area contributed by atoms with Gasteiger partial charge in [-0.2, -0.15) is 0 Å². The summed E-state index contributed by atoms with van der Waals surface area (Å²) in [5, 5.41) is 11.7. The highest BCUT2D eigenvalue weighted by Crippen LogP contribution is 2.13. The van der Waals surface area contributed by atoms with Crippen molar-refractivity contribution in [3.05, 3.63) is 34.9 Å². The summed E-state index contributed by atoms with van der Waals surface area (Å²) in [4.78, 5) is 23.0. The van der Waals surface area contributed by atoms with E-state index < -0.39 is 12.0 Å². The van der Waals surface area contributed by atoms with Gasteiger partial charge in [-0.3, -0.25) is 9.59 Å². The van der Waals surface area contributed by atoms with Crippen molar-refractivity contribution in [2.75, 3.05) is 6.54 Å². The lowest BCUT2D eigenvalue weighted by atomic mass is 9.98. The first kappa shape index (κ1) is 14.4. The molecule has 98 valence electrons. The molecule has 0 aliphatic rings. The van der Waals surface area contributed by atoms with Crippen LogP contribution in [0.3, 0.4) is 0 Å². The van der Waals surface area contributed by atoms with Crippen LogP contribution in [0.15, 0.2) is 18.2 Å². The number of nitrogens with one attached hydrogen (secondary N) is 1. The van der Waals surface area contributed by atoms with E-state index in [1.54, 1.807) is 6.07 Å². The van der Waals surface area contributed by atoms with Gasteiger partial charge in [-0.05, 0) is 37.6 Å². The molecule has 18 heavy (non-hydrogen) atoms. The highest BCUT2D eigenvalue weighted by atomic mass is 16.4. The Bertz CT molecular complexity index is 454. The average molecular weight is 249 g/mol. The number of aliphatic carboxylic acids is 1. The van der Waals surface area contributed by atoms with Crippen molar-refractivity contribution in [2.24, 2.45) is 0 Å². The minimum absolute atomic E-state index is 0.164. The van der Waals surface area contributed by atoms with Gasteiger partial charge in [0.15, 0.2) is 5.78 Å². The standard InChI is InChI=1S/C14H19NO3/c1-4-15-12(8-13(16)17)14(18)11-6-5-9(2)10(3)7-11/h5-7,12,15H,4,8H2,1-3H3,(H,16,17). The Labute approximate surface area is 107 Å². The smallest absolute Gasteiger partial charge is 0.305 e. The Morgan fingerprint density at radius 1 is 1.28 bits per heavy atom. The molecule has 1 aromatic rings. The van der Waals surface area contributed by atoms with Crippen LogP contribution in [0.25, 0.3) is 0 Å². The van der Waals surface area contributed by atoms with Gasteiger partial charge in [0, 0.05) is 5.56 Å². The van der Waals surface area contributed by atoms with Crippen LogP contribution in [0.2, 0.25) is 0 Å². The lowest BCUT2D eigenvalue weighted by molar-refractivity contribution is -0.137. The average Bonchev–Trinajstić information content (AvgIpc) is 2.31. The van der Waals surface area contributed by atoms with E-state index in [2.05, 4.69) is 5.32 Å². The van der Waals surface area contributed by atoms with Crippen LogP contribution < -0.4 is 5.32 Å². The molecule has 0 fully saturated rings. The van der Waals surface area contributed by atoms with E-state index in [-0.39, 0.29) is 12.2 Å². The molecule has 0 aliphatic heterocycles. The van der Waals surface area contributed by atoms with Gasteiger partial charge in [-0.1, -0.05) is 19.1 Å². The topological polar surface area (TPSA) is 66.4 Å². The second-order valence-corrected chi connectivity index (χ2v) is 4.37. The Morgan fingerprint density at radius 2 is 1.94 bits per heavy atom. The number of Topliss-reactive ketones (excluding diaryl/α,β-unsaturated/α-hetero) is 1. The van der Waals surface area contributed by atoms with Gasteiger partial charge in [0.25, 0.3) is 0 Å². The van der Waals surface area contributed by atoms with E-state index in [0.717, 1.165) is 11.1 Å². The fourth-order valence-electron chi connectivity index (χ4n) is 1.77. The minimum atomic E-state index is -0.974. The summed E-state index contributed by atoms with van der Waals surface area (Å²) in [6, 6.07) is 4.78. The number of aryl methyl sites for hydroxylation is 2. The maximum Gasteiger partial charge on any atom is 0.305 e. The number of carbonyl (C=O) groups excluding carboxylic acids is 1. The molecule has 4 heteroatoms. The number of benzene rings is 1. The number of carboxylic acid groups (broad SMARTS) is 1. The van der Waals surface area contributed by atoms with Crippen molar-refractivity contribution >= 4 is 11.8 Å². The zero-order chi connectivity index (χ0) is 13.7. The first-order chi connectivity index (χ1) is 8.45. The van der Waals surface area contributed by atoms with Gasteiger partial charge in [-0.15, -0.1) is 0 Å². The third-order valence-corrected chi connectivity index (χ3v) is 2.94. The fourth-order valence-corrected chi connectivity index (χ4v) is 1.77. The monoisotopic (exact) mass is 249 g/mol. The Hall–Kier alpha value is -1.68. The maximum atomic E-state index is 12.2. The summed E-state index contributed by atoms with van der Waals surface area (Å²) in [6.07, 6.45) is -0.195. The second kappa shape index (κ2) is 6.31. The predicted molar refractivity (Wildman–Crippen MR) is 70.0 cm³/mol. The van der Waals surface area contributed by atoms with E-state index in [9.17, 15) is 9.59 Å². The molecule has 0 heterocycles. The first-order valence-corrected chi connectivity index (χ1v) is 6.02. The normalized spacial score (nSPS) is 12.2. The van der Waals surface area contributed by atoms with Crippen LogP contribution in [-0.4, -0.2) is 29.4 Å². The number of ketones is 1. The second-order valence-electron chi connectivity index (χ2n) is 4.37. The van der Waals surface area contributed by atoms with E-state index in [1.165, 1.54) is 0 Å². The molecule has 0 aliphatic carbocycles. The van der Waals surface area contributed by atoms with Crippen molar-refractivity contribution in [3.63, 3.8) is 0 Å². The van der Waals surface area contributed by atoms with Crippen LogP contribution in [-0.2, 0) is 4.79 Å². The van der Waals surface area contributed by atoms with Gasteiger partial charge in [0.05, 0.1) is 12.5 Å². The lowest BCUT2D eigenvalue weighted by Gasteiger charge is -2.15. The molecule has 0 spiro atoms. The number of hydrogen-bond donors (Lipinski definition) is 2. The molecular weight excluding hydrogens is 230 g/mol. The third-order valence-electron chi connectivity index (χ3n) is 2.94. The van der Waals surface area contributed by atoms with Crippen molar-refractivity contribution in [1.82, 2.24) is 5.32 Å². The maximum absolute atomic E-state index is 12.2. The zero-order valence-electron chi connectivity index (χ0n) is 11.0. The lowest BCUT2D eigenvalue weighted by Crippen LogP contribution is -2.38. The Kier molecular flexibility index (Phi) is 5.04. The molecule has 1 aromatic carbocycles. The molecule has 1 atom stereocenters. The SMILES string of the molecule is CCNC(CC(=O)O)C(=O)c1ccc(C)c(C)c1. The van der Waals surface area contributed by atoms with Crippen LogP contribution in [0, 0.1) is 13.8 Å². The Morgan fingerprint density at radius 3 is 2.44 bits per heavy atom. The summed E-state index contributed by atoms with van der Waals surface area (Å²) < 4.78 is 0. The van der Waals surface area contributed by atoms with Crippen LogP contribution >= 0.6 is 0 Å². The van der Waals surface area contributed by atoms with E-state index in [0.29, 0.717) is 12.1 Å². The van der Waals surface area contributed by atoms with Crippen molar-refractivity contribution in [1.29, 1.82) is 0 Å². The van der Waals surface area contributed by atoms with Crippen molar-refractivity contribution < 1.29 is 14.7 Å². The number of carbonyl (C=O) groups is 2. The minimum Gasteiger partial charge on any atom is -0.481 e. The highest BCUT2D eigenvalue weighted by Gasteiger charge is 2.22. The number of rotatable bonds is 6. The molecule has 0 radical (unpaired) electrons. The highest BCUT2D eigenvalue weighted by molar-refractivity contribution is 6.01. The molecule has 1 unspecified atom stereocenters. The first-order valence-electron chi connectivity index (χ1n) is 6.02. The summed E-state index contributed by atoms with van der Waals surface area (Å²) in [6.45, 7) is 6.32. The van der Waals surface area contributed by atoms with Crippen LogP contribution in [0.5, 0.6) is 0 Å². The van der Waals surface area contributed by atoms with E-state index in [4.69, 9.17) is 5.11 Å². The van der Waals surface area contributed by atoms with Gasteiger partial charge < -0.3 is 10.4 Å². The summed E-state index contributed by atoms with van der Waals surface area (Å²) in [5.41, 5.74) is 2.71. The fraction of sp³-hybridized carbons (Fsp3) is 0.429. The van der Waals surface area contributed by atoms with Crippen molar-refractivity contribution in [2.45, 2.75) is 33.2 Å². The number of likely N-dealkylation sites (N-methyl/N-ethyl adjacent to an activating group) is 1. The Balaban J connectivity index is 2.93. The molecule has 0 bridgehead atoms. The van der Waals surface area contributed by atoms with Crippen LogP contribution in [0.4, 0.5) is 0 Å². The molecule has 2 N–H and O–H groups in total. The molecule has 4 nitrogen and oxygen atoms in total. The summed E-state index contributed by atoms with van der Waals surface area (Å²) in [5.74, 6) is -1.14.